The van der Waals surface area contributed by atoms with Crippen LogP contribution in [0.2, 0.25) is 0 Å². The van der Waals surface area contributed by atoms with Gasteiger partial charge in [-0.1, -0.05) is 6.92 Å². The van der Waals surface area contributed by atoms with E-state index in [1.165, 1.54) is 35.5 Å². The van der Waals surface area contributed by atoms with E-state index in [9.17, 15) is 0 Å². The van der Waals surface area contributed by atoms with Gasteiger partial charge in [0.2, 0.25) is 0 Å². The first-order chi connectivity index (χ1) is 4.88. The predicted molar refractivity (Wildman–Crippen MR) is 39.3 cm³/mol. The highest BCUT2D eigenvalue weighted by Gasteiger charge is 2.75. The van der Waals surface area contributed by atoms with Crippen LogP contribution < -0.4 is 0 Å². The minimum absolute atomic E-state index is 1.14. The summed E-state index contributed by atoms with van der Waals surface area (Å²) in [7, 11) is 0. The smallest absolute Gasteiger partial charge is 0.0315 e. The van der Waals surface area contributed by atoms with Gasteiger partial charge < -0.3 is 0 Å². The van der Waals surface area contributed by atoms with Gasteiger partial charge in [0.25, 0.3) is 0 Å². The van der Waals surface area contributed by atoms with Crippen LogP contribution in [0.15, 0.2) is 0 Å². The van der Waals surface area contributed by atoms with Crippen LogP contribution in [0, 0.1) is 41.4 Å². The first-order valence-corrected chi connectivity index (χ1v) is 4.88. The zero-order valence-electron chi connectivity index (χ0n) is 6.46. The lowest BCUT2D eigenvalue weighted by atomic mass is 9.72. The monoisotopic (exact) mass is 134 g/mol. The third kappa shape index (κ3) is 0.302. The van der Waals surface area contributed by atoms with E-state index >= 15 is 0 Å². The normalized spacial score (nSPS) is 80.7. The van der Waals surface area contributed by atoms with Crippen molar-refractivity contribution in [1.82, 2.24) is 0 Å². The minimum Gasteiger partial charge on any atom is -0.0619 e. The second kappa shape index (κ2) is 1.09. The molecule has 0 bridgehead atoms. The van der Waals surface area contributed by atoms with E-state index in [1.54, 1.807) is 12.8 Å². The van der Waals surface area contributed by atoms with Crippen molar-refractivity contribution < 1.29 is 0 Å². The van der Waals surface area contributed by atoms with Gasteiger partial charge >= 0.3 is 0 Å². The molecule has 7 atom stereocenters. The molecule has 0 heterocycles. The Morgan fingerprint density at radius 2 is 1.60 bits per heavy atom. The van der Waals surface area contributed by atoms with Gasteiger partial charge in [0, 0.05) is 0 Å². The van der Waals surface area contributed by atoms with Crippen LogP contribution in [0.1, 0.15) is 19.8 Å². The molecule has 0 radical (unpaired) electrons. The molecule has 0 heteroatoms. The molecule has 4 aliphatic carbocycles. The highest BCUT2D eigenvalue weighted by molar-refractivity contribution is 5.23. The molecule has 0 aromatic heterocycles. The van der Waals surface area contributed by atoms with Crippen molar-refractivity contribution in [3.8, 4) is 0 Å². The van der Waals surface area contributed by atoms with Crippen molar-refractivity contribution in [2.24, 2.45) is 41.4 Å². The Hall–Kier alpha value is 0. The fourth-order valence-corrected chi connectivity index (χ4v) is 4.45. The molecule has 0 nitrogen and oxygen atoms in total. The number of fused-ring (bicyclic) bond motifs is 3. The van der Waals surface area contributed by atoms with Crippen LogP contribution in [0.25, 0.3) is 0 Å². The summed E-state index contributed by atoms with van der Waals surface area (Å²) in [6.07, 6.45) is 3.25. The van der Waals surface area contributed by atoms with E-state index in [0.717, 1.165) is 5.92 Å². The summed E-state index contributed by atoms with van der Waals surface area (Å²) in [4.78, 5) is 0. The maximum atomic E-state index is 2.50. The summed E-state index contributed by atoms with van der Waals surface area (Å²) in [5.74, 6) is 8.58. The Morgan fingerprint density at radius 3 is 2.50 bits per heavy atom. The van der Waals surface area contributed by atoms with Gasteiger partial charge in [-0.15, -0.1) is 0 Å². The molecule has 0 amide bonds. The molecule has 0 saturated heterocycles. The zero-order chi connectivity index (χ0) is 6.46. The van der Waals surface area contributed by atoms with Gasteiger partial charge in [0.1, 0.15) is 0 Å². The molecule has 4 saturated carbocycles. The van der Waals surface area contributed by atoms with Crippen molar-refractivity contribution in [3.63, 3.8) is 0 Å². The maximum absolute atomic E-state index is 2.50. The Labute approximate surface area is 62.0 Å². The van der Waals surface area contributed by atoms with E-state index in [1.807, 2.05) is 0 Å². The van der Waals surface area contributed by atoms with Crippen molar-refractivity contribution in [2.75, 3.05) is 0 Å². The average Bonchev–Trinajstić information content (AvgIpc) is 2.77. The van der Waals surface area contributed by atoms with Crippen LogP contribution in [0.4, 0.5) is 0 Å². The third-order valence-electron chi connectivity index (χ3n) is 5.02. The van der Waals surface area contributed by atoms with Crippen molar-refractivity contribution in [3.05, 3.63) is 0 Å². The molecule has 4 rings (SSSR count). The first-order valence-electron chi connectivity index (χ1n) is 4.88. The lowest BCUT2D eigenvalue weighted by molar-refractivity contribution is 0.149. The van der Waals surface area contributed by atoms with E-state index in [2.05, 4.69) is 6.92 Å². The Morgan fingerprint density at radius 1 is 0.900 bits per heavy atom. The van der Waals surface area contributed by atoms with E-state index in [0.29, 0.717) is 0 Å². The van der Waals surface area contributed by atoms with Crippen LogP contribution in [0.5, 0.6) is 0 Å². The molecule has 0 N–H and O–H groups in total. The molecule has 0 aliphatic heterocycles. The van der Waals surface area contributed by atoms with E-state index in [-0.39, 0.29) is 0 Å². The van der Waals surface area contributed by atoms with E-state index < -0.39 is 0 Å². The zero-order valence-corrected chi connectivity index (χ0v) is 6.46. The average molecular weight is 134 g/mol. The molecule has 2 unspecified atom stereocenters. The molecule has 54 valence electrons. The summed E-state index contributed by atoms with van der Waals surface area (Å²) < 4.78 is 0. The molecule has 0 aromatic rings. The lowest BCUT2D eigenvalue weighted by Gasteiger charge is -2.33. The highest BCUT2D eigenvalue weighted by Crippen LogP contribution is 2.81. The largest absolute Gasteiger partial charge is 0.0619 e. The topological polar surface area (TPSA) is 0 Å². The Bertz CT molecular complexity index is 199. The van der Waals surface area contributed by atoms with Gasteiger partial charge in [-0.3, -0.25) is 0 Å². The molecule has 10 heavy (non-hydrogen) atoms. The van der Waals surface area contributed by atoms with Gasteiger partial charge in [0.15, 0.2) is 0 Å². The van der Waals surface area contributed by atoms with E-state index in [4.69, 9.17) is 0 Å². The van der Waals surface area contributed by atoms with Crippen LogP contribution in [-0.2, 0) is 0 Å². The standard InChI is InChI=1S/C10H14/c1-4-6-2-5-3-7(5)10-8(4)9(6)10/h4-10H,2-3H2,1H3/t4-,5-,6-,7?,8+,9?,10-/m1/s1. The van der Waals surface area contributed by atoms with Crippen molar-refractivity contribution >= 4 is 0 Å². The number of hydrogen-bond donors (Lipinski definition) is 0. The molecule has 4 aliphatic rings. The fraction of sp³-hybridized carbons (Fsp3) is 1.00. The van der Waals surface area contributed by atoms with Gasteiger partial charge in [-0.25, -0.2) is 0 Å². The van der Waals surface area contributed by atoms with Crippen molar-refractivity contribution in [1.29, 1.82) is 0 Å². The molecule has 4 fully saturated rings. The quantitative estimate of drug-likeness (QED) is 0.476. The van der Waals surface area contributed by atoms with Crippen LogP contribution in [0.3, 0.4) is 0 Å². The summed E-state index contributed by atoms with van der Waals surface area (Å²) in [5, 5.41) is 0. The minimum atomic E-state index is 1.14. The van der Waals surface area contributed by atoms with Gasteiger partial charge in [-0.05, 0) is 54.3 Å². The molecule has 0 spiro atoms. The number of rotatable bonds is 0. The summed E-state index contributed by atoms with van der Waals surface area (Å²) in [5.41, 5.74) is 0. The maximum Gasteiger partial charge on any atom is -0.0315 e. The Kier molecular flexibility index (Phi) is 0.522. The summed E-state index contributed by atoms with van der Waals surface area (Å²) >= 11 is 0. The Balaban J connectivity index is 1.79. The second-order valence-electron chi connectivity index (χ2n) is 5.15. The summed E-state index contributed by atoms with van der Waals surface area (Å²) in [6, 6.07) is 0. The SMILES string of the molecule is C[C@H]1[C@H]2C3[C@@H]2C2C[C@H]2C[C@@H]31. The van der Waals surface area contributed by atoms with Gasteiger partial charge in [0.05, 0.1) is 0 Å². The second-order valence-corrected chi connectivity index (χ2v) is 5.15. The molecule has 0 aromatic carbocycles. The van der Waals surface area contributed by atoms with Crippen LogP contribution >= 0.6 is 0 Å². The molecular weight excluding hydrogens is 120 g/mol. The predicted octanol–water partition coefficient (Wildman–Crippen LogP) is 2.15. The lowest BCUT2D eigenvalue weighted by Crippen LogP contribution is -2.27. The first kappa shape index (κ1) is 4.79. The highest BCUT2D eigenvalue weighted by atomic mass is 14.8. The fourth-order valence-electron chi connectivity index (χ4n) is 4.45. The number of hydrogen-bond acceptors (Lipinski definition) is 0. The van der Waals surface area contributed by atoms with Crippen molar-refractivity contribution in [2.45, 2.75) is 19.8 Å². The third-order valence-corrected chi connectivity index (χ3v) is 5.02. The van der Waals surface area contributed by atoms with Gasteiger partial charge in [-0.2, -0.15) is 0 Å². The van der Waals surface area contributed by atoms with Crippen LogP contribution in [-0.4, -0.2) is 0 Å². The molecular formula is C10H14. The summed E-state index contributed by atoms with van der Waals surface area (Å²) in [6.45, 7) is 2.50.